The van der Waals surface area contributed by atoms with Gasteiger partial charge in [0, 0.05) is 31.6 Å². The summed E-state index contributed by atoms with van der Waals surface area (Å²) in [4.78, 5) is 9.30. The van der Waals surface area contributed by atoms with Crippen LogP contribution >= 0.6 is 11.3 Å². The van der Waals surface area contributed by atoms with Crippen molar-refractivity contribution in [1.82, 2.24) is 9.88 Å². The molecule has 104 valence electrons. The molecule has 5 heteroatoms. The van der Waals surface area contributed by atoms with E-state index in [-0.39, 0.29) is 6.04 Å². The van der Waals surface area contributed by atoms with Crippen molar-refractivity contribution in [2.75, 3.05) is 31.1 Å². The number of piperazine rings is 1. The number of rotatable bonds is 5. The van der Waals surface area contributed by atoms with Crippen molar-refractivity contribution in [2.45, 2.75) is 39.2 Å². The molecule has 1 unspecified atom stereocenters. The highest BCUT2D eigenvalue weighted by atomic mass is 32.1. The lowest BCUT2D eigenvalue weighted by Gasteiger charge is -2.36. The van der Waals surface area contributed by atoms with E-state index in [1.54, 1.807) is 11.3 Å². The minimum absolute atomic E-state index is 0.0923. The zero-order valence-electron chi connectivity index (χ0n) is 11.8. The molecule has 1 saturated heterocycles. The second-order valence-corrected chi connectivity index (χ2v) is 5.77. The molecule has 1 fully saturated rings. The molecule has 1 aliphatic heterocycles. The average Bonchev–Trinajstić information content (AvgIpc) is 2.94. The summed E-state index contributed by atoms with van der Waals surface area (Å²) in [6, 6.07) is 2.53. The van der Waals surface area contributed by atoms with E-state index in [9.17, 15) is 5.26 Å². The first-order valence-corrected chi connectivity index (χ1v) is 7.99. The average molecular weight is 278 g/mol. The van der Waals surface area contributed by atoms with E-state index in [2.05, 4.69) is 40.1 Å². The van der Waals surface area contributed by atoms with E-state index in [0.717, 1.165) is 50.6 Å². The first-order chi connectivity index (χ1) is 9.28. The Morgan fingerprint density at radius 2 is 2.11 bits per heavy atom. The van der Waals surface area contributed by atoms with E-state index in [1.807, 2.05) is 0 Å². The van der Waals surface area contributed by atoms with Gasteiger partial charge in [0.05, 0.1) is 17.8 Å². The lowest BCUT2D eigenvalue weighted by atomic mass is 10.1. The lowest BCUT2D eigenvalue weighted by molar-refractivity contribution is 0.211. The first-order valence-electron chi connectivity index (χ1n) is 7.11. The SMILES string of the molecule is CCCC(C#N)N1CCN(c2nc(CC)cs2)CC1. The Bertz CT molecular complexity index is 429. The number of anilines is 1. The maximum absolute atomic E-state index is 9.21. The van der Waals surface area contributed by atoms with Gasteiger partial charge in [-0.3, -0.25) is 4.90 Å². The van der Waals surface area contributed by atoms with Gasteiger partial charge >= 0.3 is 0 Å². The van der Waals surface area contributed by atoms with Crippen molar-refractivity contribution in [2.24, 2.45) is 0 Å². The highest BCUT2D eigenvalue weighted by Gasteiger charge is 2.24. The maximum Gasteiger partial charge on any atom is 0.185 e. The summed E-state index contributed by atoms with van der Waals surface area (Å²) in [5.41, 5.74) is 1.18. The van der Waals surface area contributed by atoms with E-state index in [0.29, 0.717) is 0 Å². The van der Waals surface area contributed by atoms with Crippen LogP contribution in [0.25, 0.3) is 0 Å². The van der Waals surface area contributed by atoms with E-state index >= 15 is 0 Å². The molecule has 0 amide bonds. The predicted octanol–water partition coefficient (Wildman–Crippen LogP) is 2.52. The van der Waals surface area contributed by atoms with Crippen LogP contribution in [0.1, 0.15) is 32.4 Å². The Morgan fingerprint density at radius 1 is 1.37 bits per heavy atom. The molecule has 0 spiro atoms. The molecule has 4 nitrogen and oxygen atoms in total. The highest BCUT2D eigenvalue weighted by Crippen LogP contribution is 2.22. The quantitative estimate of drug-likeness (QED) is 0.830. The van der Waals surface area contributed by atoms with Gasteiger partial charge in [0.2, 0.25) is 0 Å². The van der Waals surface area contributed by atoms with Crippen molar-refractivity contribution in [3.05, 3.63) is 11.1 Å². The Kier molecular flexibility index (Phi) is 5.17. The molecule has 2 heterocycles. The lowest BCUT2D eigenvalue weighted by Crippen LogP contribution is -2.50. The number of aryl methyl sites for hydroxylation is 1. The Morgan fingerprint density at radius 3 is 2.63 bits per heavy atom. The molecule has 0 N–H and O–H groups in total. The molecule has 0 saturated carbocycles. The maximum atomic E-state index is 9.21. The first kappa shape index (κ1) is 14.3. The Labute approximate surface area is 119 Å². The van der Waals surface area contributed by atoms with Crippen LogP contribution in [0.15, 0.2) is 5.38 Å². The second kappa shape index (κ2) is 6.88. The number of nitrogens with zero attached hydrogens (tertiary/aromatic N) is 4. The smallest absolute Gasteiger partial charge is 0.185 e. The minimum Gasteiger partial charge on any atom is -0.346 e. The zero-order valence-corrected chi connectivity index (χ0v) is 12.6. The molecular weight excluding hydrogens is 256 g/mol. The van der Waals surface area contributed by atoms with Gasteiger partial charge in [-0.2, -0.15) is 5.26 Å². The zero-order chi connectivity index (χ0) is 13.7. The third-order valence-electron chi connectivity index (χ3n) is 3.64. The van der Waals surface area contributed by atoms with Gasteiger partial charge < -0.3 is 4.90 Å². The van der Waals surface area contributed by atoms with Gasteiger partial charge in [-0.15, -0.1) is 11.3 Å². The summed E-state index contributed by atoms with van der Waals surface area (Å²) in [6.07, 6.45) is 3.06. The largest absolute Gasteiger partial charge is 0.346 e. The van der Waals surface area contributed by atoms with Gasteiger partial charge in [-0.05, 0) is 12.8 Å². The van der Waals surface area contributed by atoms with Crippen LogP contribution < -0.4 is 4.90 Å². The topological polar surface area (TPSA) is 43.2 Å². The fourth-order valence-electron chi connectivity index (χ4n) is 2.43. The summed E-state index contributed by atoms with van der Waals surface area (Å²) < 4.78 is 0. The fraction of sp³-hybridized carbons (Fsp3) is 0.714. The van der Waals surface area contributed by atoms with Crippen molar-refractivity contribution < 1.29 is 0 Å². The Hall–Kier alpha value is -1.12. The number of hydrogen-bond donors (Lipinski definition) is 0. The van der Waals surface area contributed by atoms with Crippen LogP contribution in [-0.2, 0) is 6.42 Å². The van der Waals surface area contributed by atoms with Gasteiger partial charge in [0.1, 0.15) is 0 Å². The van der Waals surface area contributed by atoms with Crippen molar-refractivity contribution >= 4 is 16.5 Å². The van der Waals surface area contributed by atoms with Crippen molar-refractivity contribution in [3.8, 4) is 6.07 Å². The molecule has 19 heavy (non-hydrogen) atoms. The van der Waals surface area contributed by atoms with Gasteiger partial charge in [-0.25, -0.2) is 4.98 Å². The molecule has 1 aromatic heterocycles. The van der Waals surface area contributed by atoms with E-state index in [1.165, 1.54) is 5.69 Å². The van der Waals surface area contributed by atoms with Crippen LogP contribution in [0.5, 0.6) is 0 Å². The molecular formula is C14H22N4S. The number of hydrogen-bond acceptors (Lipinski definition) is 5. The standard InChI is InChI=1S/C14H22N4S/c1-3-5-13(10-15)17-6-8-18(9-7-17)14-16-12(4-2)11-19-14/h11,13H,3-9H2,1-2H3. The molecule has 0 aliphatic carbocycles. The summed E-state index contributed by atoms with van der Waals surface area (Å²) in [6.45, 7) is 8.19. The Balaban J connectivity index is 1.90. The van der Waals surface area contributed by atoms with E-state index < -0.39 is 0 Å². The van der Waals surface area contributed by atoms with Gasteiger partial charge in [0.25, 0.3) is 0 Å². The molecule has 2 rings (SSSR count). The van der Waals surface area contributed by atoms with Crippen LogP contribution in [0.3, 0.4) is 0 Å². The van der Waals surface area contributed by atoms with Gasteiger partial charge in [-0.1, -0.05) is 20.3 Å². The summed E-state index contributed by atoms with van der Waals surface area (Å²) in [5.74, 6) is 0. The summed E-state index contributed by atoms with van der Waals surface area (Å²) in [7, 11) is 0. The third kappa shape index (κ3) is 3.46. The summed E-state index contributed by atoms with van der Waals surface area (Å²) in [5, 5.41) is 12.5. The van der Waals surface area contributed by atoms with Crippen molar-refractivity contribution in [3.63, 3.8) is 0 Å². The predicted molar refractivity (Wildman–Crippen MR) is 79.6 cm³/mol. The number of aromatic nitrogens is 1. The molecule has 0 aromatic carbocycles. The second-order valence-electron chi connectivity index (χ2n) is 4.93. The monoisotopic (exact) mass is 278 g/mol. The molecule has 1 aromatic rings. The van der Waals surface area contributed by atoms with E-state index in [4.69, 9.17) is 0 Å². The van der Waals surface area contributed by atoms with Crippen LogP contribution in [0, 0.1) is 11.3 Å². The third-order valence-corrected chi connectivity index (χ3v) is 4.59. The number of thiazole rings is 1. The normalized spacial score (nSPS) is 18.3. The molecule has 0 radical (unpaired) electrons. The molecule has 0 bridgehead atoms. The molecule has 1 aliphatic rings. The fourth-order valence-corrected chi connectivity index (χ4v) is 3.39. The highest BCUT2D eigenvalue weighted by molar-refractivity contribution is 7.13. The van der Waals surface area contributed by atoms with Crippen LogP contribution in [-0.4, -0.2) is 42.1 Å². The molecule has 1 atom stereocenters. The number of nitriles is 1. The van der Waals surface area contributed by atoms with Gasteiger partial charge in [0.15, 0.2) is 5.13 Å². The van der Waals surface area contributed by atoms with Crippen LogP contribution in [0.2, 0.25) is 0 Å². The summed E-state index contributed by atoms with van der Waals surface area (Å²) >= 11 is 1.74. The minimum atomic E-state index is 0.0923. The van der Waals surface area contributed by atoms with Crippen LogP contribution in [0.4, 0.5) is 5.13 Å². The van der Waals surface area contributed by atoms with Crippen molar-refractivity contribution in [1.29, 1.82) is 5.26 Å².